The highest BCUT2D eigenvalue weighted by atomic mass is 16.6. The lowest BCUT2D eigenvalue weighted by Crippen LogP contribution is -2.63. The van der Waals surface area contributed by atoms with Crippen LogP contribution in [-0.2, 0) is 27.4 Å². The largest absolute Gasteiger partial charge is 0.415 e. The third-order valence-electron chi connectivity index (χ3n) is 20.6. The molecule has 0 radical (unpaired) electrons. The molecule has 3 aromatic rings. The van der Waals surface area contributed by atoms with Crippen molar-refractivity contribution in [2.75, 3.05) is 39.8 Å². The number of benzene rings is 3. The summed E-state index contributed by atoms with van der Waals surface area (Å²) in [7, 11) is 1.68. The zero-order chi connectivity index (χ0) is 51.5. The molecule has 74 heavy (non-hydrogen) atoms. The molecule has 3 saturated carbocycles. The molecule has 3 unspecified atom stereocenters. The van der Waals surface area contributed by atoms with Gasteiger partial charge in [0.05, 0.1) is 25.2 Å². The van der Waals surface area contributed by atoms with Gasteiger partial charge in [-0.05, 0) is 164 Å². The Labute approximate surface area is 438 Å². The summed E-state index contributed by atoms with van der Waals surface area (Å²) in [5.74, 6) is 2.46. The molecular weight excluding hydrogens is 931 g/mol. The molecule has 14 nitrogen and oxygen atoms in total. The Morgan fingerprint density at radius 1 is 0.703 bits per heavy atom. The van der Waals surface area contributed by atoms with E-state index < -0.39 is 23.0 Å². The van der Waals surface area contributed by atoms with Gasteiger partial charge in [-0.1, -0.05) is 83.4 Å². The van der Waals surface area contributed by atoms with E-state index in [1.165, 1.54) is 34.2 Å². The smallest absolute Gasteiger partial charge is 0.410 e. The molecule has 6 aliphatic carbocycles. The van der Waals surface area contributed by atoms with E-state index in [1.54, 1.807) is 12.0 Å². The van der Waals surface area contributed by atoms with Crippen LogP contribution >= 0.6 is 0 Å². The van der Waals surface area contributed by atoms with Crippen LogP contribution in [-0.4, -0.2) is 93.3 Å². The molecule has 8 aliphatic rings. The van der Waals surface area contributed by atoms with Gasteiger partial charge >= 0.3 is 18.3 Å². The first-order valence-electron chi connectivity index (χ1n) is 28.6. The van der Waals surface area contributed by atoms with Crippen LogP contribution in [0.5, 0.6) is 17.2 Å². The lowest BCUT2D eigenvalue weighted by molar-refractivity contribution is -0.0174. The summed E-state index contributed by atoms with van der Waals surface area (Å²) in [6.07, 6.45) is 15.3. The normalized spacial score (nSPS) is 34.6. The number of carbonyl (C=O) groups is 3. The summed E-state index contributed by atoms with van der Waals surface area (Å²) in [6.45, 7) is 9.63. The monoisotopic (exact) mass is 1010 g/mol. The predicted molar refractivity (Wildman–Crippen MR) is 286 cm³/mol. The average molecular weight is 1010 g/mol. The number of amides is 3. The van der Waals surface area contributed by atoms with Gasteiger partial charge in [-0.3, -0.25) is 0 Å². The molecule has 400 valence electrons. The number of rotatable bonds is 9. The zero-order valence-corrected chi connectivity index (χ0v) is 44.4. The Morgan fingerprint density at radius 3 is 2.09 bits per heavy atom. The van der Waals surface area contributed by atoms with Gasteiger partial charge in [0.15, 0.2) is 0 Å². The van der Waals surface area contributed by atoms with Crippen molar-refractivity contribution < 1.29 is 33.3 Å². The highest BCUT2D eigenvalue weighted by Gasteiger charge is 2.60. The second-order valence-electron chi connectivity index (χ2n) is 24.4. The predicted octanol–water partition coefficient (Wildman–Crippen LogP) is 8.93. The highest BCUT2D eigenvalue weighted by molar-refractivity contribution is 5.73. The minimum atomic E-state index is -0.565. The Balaban J connectivity index is 1.04. The third-order valence-corrected chi connectivity index (χ3v) is 20.6. The molecule has 3 amide bonds. The van der Waals surface area contributed by atoms with Crippen LogP contribution in [0.15, 0.2) is 54.6 Å². The molecule has 3 aromatic carbocycles. The van der Waals surface area contributed by atoms with E-state index in [2.05, 4.69) is 66.2 Å². The van der Waals surface area contributed by atoms with Gasteiger partial charge in [-0.15, -0.1) is 0 Å². The van der Waals surface area contributed by atoms with E-state index in [4.69, 9.17) is 36.1 Å². The number of nitrogens with one attached hydrogen (secondary N) is 3. The maximum atomic E-state index is 13.6. The van der Waals surface area contributed by atoms with Gasteiger partial charge in [0.25, 0.3) is 0 Å². The van der Waals surface area contributed by atoms with Crippen molar-refractivity contribution in [2.45, 2.75) is 182 Å². The zero-order valence-electron chi connectivity index (χ0n) is 44.4. The minimum absolute atomic E-state index is 0.0281. The standard InChI is InChI=1S/C60H83N7O7/c1-5-65-55(68)72-38-19-18-35-26-36-14-8-6-13-25-60(52(36)61,48(35)27-38)30-46-42-22-20-39(73-56(69)66-37-31-64-32-37)29-50(42)59(3)47(17-11-10-15-43(46)54(59)63)51-44-23-21-40(74-57(70)67-33-41(34-67)71-4)28-49(44)58(2)24-12-7-9-16-45(51)53(58)62/h18-23,27-29,36-37,41,43,45-47,51-54,64H,5-17,24-26,30-34,61-63H2,1-4H3,(H,65,68)(H,66,69)/t36-,43-,45-,46?,47?,51?,52-,53-,54-,58+,59+,60-/m0/s1. The lowest BCUT2D eigenvalue weighted by atomic mass is 9.45. The number of nitrogens with zero attached hydrogens (tertiary/aromatic N) is 1. The van der Waals surface area contributed by atoms with Crippen molar-refractivity contribution in [1.82, 2.24) is 20.9 Å². The lowest BCUT2D eigenvalue weighted by Gasteiger charge is -2.61. The van der Waals surface area contributed by atoms with Gasteiger partial charge in [0.2, 0.25) is 0 Å². The van der Waals surface area contributed by atoms with E-state index >= 15 is 0 Å². The second-order valence-corrected chi connectivity index (χ2v) is 24.4. The Hall–Kier alpha value is -4.73. The van der Waals surface area contributed by atoms with Crippen LogP contribution < -0.4 is 47.4 Å². The van der Waals surface area contributed by atoms with Crippen LogP contribution in [0, 0.1) is 23.7 Å². The van der Waals surface area contributed by atoms with Crippen LogP contribution in [0.25, 0.3) is 0 Å². The van der Waals surface area contributed by atoms with E-state index in [0.29, 0.717) is 55.9 Å². The number of fused-ring (bicyclic) bond motifs is 12. The molecule has 0 spiro atoms. The minimum Gasteiger partial charge on any atom is -0.410 e. The third kappa shape index (κ3) is 8.99. The molecule has 2 aliphatic heterocycles. The Morgan fingerprint density at radius 2 is 1.35 bits per heavy atom. The molecule has 14 heteroatoms. The number of carbonyl (C=O) groups excluding carboxylic acids is 3. The van der Waals surface area contributed by atoms with Crippen LogP contribution in [0.3, 0.4) is 0 Å². The van der Waals surface area contributed by atoms with E-state index in [9.17, 15) is 14.4 Å². The number of nitrogens with two attached hydrogens (primary N) is 3. The SMILES string of the molecule is CCNC(=O)Oc1ccc2c(c1)[C@@]1(CC3c4ccc(OC(=O)NC5CNC5)cc4[C@@]4(C)C(C5c6ccc(OC(=O)N7CC(OC)C7)cc6[C@@]6(C)CCCCC[C@@H]5[C@@H]6N)CCCC[C@@H]3[C@@H]4N)CCCCC[C@@H](C2)[C@@H]1N. The maximum absolute atomic E-state index is 13.6. The number of hydrogen-bond acceptors (Lipinski definition) is 11. The van der Waals surface area contributed by atoms with Gasteiger partial charge in [-0.2, -0.15) is 0 Å². The fraction of sp³-hybridized carbons (Fsp3) is 0.650. The molecule has 0 aromatic heterocycles. The average Bonchev–Trinajstić information content (AvgIpc) is 3.39. The first-order valence-corrected chi connectivity index (χ1v) is 28.6. The van der Waals surface area contributed by atoms with Crippen molar-refractivity contribution in [3.63, 3.8) is 0 Å². The van der Waals surface area contributed by atoms with Gasteiger partial charge in [0.1, 0.15) is 17.2 Å². The molecule has 5 fully saturated rings. The van der Waals surface area contributed by atoms with Crippen molar-refractivity contribution >= 4 is 18.3 Å². The number of likely N-dealkylation sites (tertiary alicyclic amines) is 1. The second kappa shape index (κ2) is 20.7. The van der Waals surface area contributed by atoms with Crippen LogP contribution in [0.4, 0.5) is 14.4 Å². The summed E-state index contributed by atoms with van der Waals surface area (Å²) in [4.78, 5) is 41.7. The highest BCUT2D eigenvalue weighted by Crippen LogP contribution is 2.64. The first-order chi connectivity index (χ1) is 35.7. The number of methoxy groups -OCH3 is 1. The molecule has 2 saturated heterocycles. The van der Waals surface area contributed by atoms with Crippen molar-refractivity contribution in [3.05, 3.63) is 88.0 Å². The van der Waals surface area contributed by atoms with Crippen LogP contribution in [0.1, 0.15) is 162 Å². The number of ether oxygens (including phenoxy) is 4. The molecule has 6 bridgehead atoms. The van der Waals surface area contributed by atoms with Gasteiger partial charge < -0.3 is 57.0 Å². The van der Waals surface area contributed by atoms with E-state index in [1.807, 2.05) is 25.1 Å². The molecule has 2 heterocycles. The quantitative estimate of drug-likeness (QED) is 0.119. The summed E-state index contributed by atoms with van der Waals surface area (Å²) < 4.78 is 23.8. The van der Waals surface area contributed by atoms with E-state index in [-0.39, 0.29) is 71.4 Å². The van der Waals surface area contributed by atoms with Gasteiger partial charge in [0, 0.05) is 61.1 Å². The first kappa shape index (κ1) is 51.4. The fourth-order valence-electron chi connectivity index (χ4n) is 16.4. The molecule has 11 rings (SSSR count). The van der Waals surface area contributed by atoms with E-state index in [0.717, 1.165) is 102 Å². The summed E-state index contributed by atoms with van der Waals surface area (Å²) in [5, 5.41) is 9.11. The topological polar surface area (TPSA) is 206 Å². The van der Waals surface area contributed by atoms with Crippen molar-refractivity contribution in [3.8, 4) is 17.2 Å². The Bertz CT molecular complexity index is 2580. The van der Waals surface area contributed by atoms with Crippen molar-refractivity contribution in [1.29, 1.82) is 0 Å². The molecule has 12 atom stereocenters. The molecule has 9 N–H and O–H groups in total. The summed E-state index contributed by atoms with van der Waals surface area (Å²) in [6, 6.07) is 18.7. The maximum Gasteiger partial charge on any atom is 0.415 e. The van der Waals surface area contributed by atoms with Crippen LogP contribution in [0.2, 0.25) is 0 Å². The van der Waals surface area contributed by atoms with Crippen molar-refractivity contribution in [2.24, 2.45) is 40.9 Å². The molecular formula is C60H83N7O7. The Kier molecular flexibility index (Phi) is 14.3. The number of hydrogen-bond donors (Lipinski definition) is 6. The summed E-state index contributed by atoms with van der Waals surface area (Å²) in [5.41, 5.74) is 30.0. The summed E-state index contributed by atoms with van der Waals surface area (Å²) >= 11 is 0. The fourth-order valence-corrected chi connectivity index (χ4v) is 16.4. The van der Waals surface area contributed by atoms with Gasteiger partial charge in [-0.25, -0.2) is 14.4 Å².